The molecule has 0 bridgehead atoms. The van der Waals surface area contributed by atoms with Gasteiger partial charge in [-0.15, -0.1) is 0 Å². The second kappa shape index (κ2) is 6.30. The van der Waals surface area contributed by atoms with Crippen LogP contribution in [0.2, 0.25) is 0 Å². The molecule has 0 aliphatic carbocycles. The number of halogens is 1. The van der Waals surface area contributed by atoms with Crippen molar-refractivity contribution in [2.24, 2.45) is 0 Å². The van der Waals surface area contributed by atoms with Crippen molar-refractivity contribution < 1.29 is 9.18 Å². The van der Waals surface area contributed by atoms with E-state index in [0.717, 1.165) is 36.1 Å². The first-order valence-electron chi connectivity index (χ1n) is 8.50. The summed E-state index contributed by atoms with van der Waals surface area (Å²) in [7, 11) is 0. The van der Waals surface area contributed by atoms with Gasteiger partial charge in [-0.3, -0.25) is 4.79 Å². The van der Waals surface area contributed by atoms with Crippen molar-refractivity contribution in [1.29, 1.82) is 5.26 Å². The van der Waals surface area contributed by atoms with Crippen LogP contribution in [0.3, 0.4) is 0 Å². The molecule has 2 aromatic carbocycles. The fraction of sp³-hybridized carbons (Fsp3) is 0.300. The average molecular weight is 335 g/mol. The van der Waals surface area contributed by atoms with Crippen LogP contribution in [-0.2, 0) is 17.9 Å². The van der Waals surface area contributed by atoms with Crippen LogP contribution in [0.1, 0.15) is 29.5 Å². The van der Waals surface area contributed by atoms with Gasteiger partial charge in [0.1, 0.15) is 11.9 Å². The lowest BCUT2D eigenvalue weighted by atomic mass is 9.98. The van der Waals surface area contributed by atoms with Gasteiger partial charge in [0.05, 0.1) is 11.6 Å². The Bertz CT molecular complexity index is 881. The molecule has 1 fully saturated rings. The van der Waals surface area contributed by atoms with Crippen LogP contribution in [0.4, 0.5) is 4.39 Å². The summed E-state index contributed by atoms with van der Waals surface area (Å²) in [6.07, 6.45) is 1.93. The third-order valence-electron chi connectivity index (χ3n) is 5.03. The Balaban J connectivity index is 1.60. The maximum atomic E-state index is 14.4. The predicted molar refractivity (Wildman–Crippen MR) is 91.8 cm³/mol. The van der Waals surface area contributed by atoms with Crippen LogP contribution >= 0.6 is 0 Å². The van der Waals surface area contributed by atoms with Crippen LogP contribution in [0.15, 0.2) is 36.4 Å². The highest BCUT2D eigenvalue weighted by molar-refractivity contribution is 5.83. The summed E-state index contributed by atoms with van der Waals surface area (Å²) >= 11 is 0. The molecule has 5 heteroatoms. The van der Waals surface area contributed by atoms with Gasteiger partial charge in [0.25, 0.3) is 0 Å². The molecular weight excluding hydrogens is 317 g/mol. The molecule has 0 radical (unpaired) electrons. The van der Waals surface area contributed by atoms with Gasteiger partial charge in [-0.25, -0.2) is 4.39 Å². The first-order chi connectivity index (χ1) is 12.2. The van der Waals surface area contributed by atoms with Crippen LogP contribution in [-0.4, -0.2) is 23.4 Å². The van der Waals surface area contributed by atoms with Crippen LogP contribution in [0.5, 0.6) is 0 Å². The minimum Gasteiger partial charge on any atom is -0.333 e. The molecular formula is C20H18FN3O. The van der Waals surface area contributed by atoms with Crippen molar-refractivity contribution >= 4 is 5.91 Å². The first kappa shape index (κ1) is 15.8. The quantitative estimate of drug-likeness (QED) is 0.918. The van der Waals surface area contributed by atoms with Gasteiger partial charge in [0.15, 0.2) is 0 Å². The molecule has 2 aliphatic rings. The molecule has 25 heavy (non-hydrogen) atoms. The van der Waals surface area contributed by atoms with E-state index in [2.05, 4.69) is 5.32 Å². The Morgan fingerprint density at radius 1 is 1.24 bits per heavy atom. The standard InChI is InChI=1S/C20H18FN3O/c21-19-14(10-22)3-1-4-17(19)13-6-7-15-11-24(12-16(15)9-13)20(25)18-5-2-8-23-18/h1,3-4,6-7,9,18,23H,2,5,8,11-12H2. The maximum Gasteiger partial charge on any atom is 0.240 e. The van der Waals surface area contributed by atoms with Crippen molar-refractivity contribution in [1.82, 2.24) is 10.2 Å². The smallest absolute Gasteiger partial charge is 0.240 e. The third-order valence-corrected chi connectivity index (χ3v) is 5.03. The maximum absolute atomic E-state index is 14.4. The number of hydrogen-bond acceptors (Lipinski definition) is 3. The number of nitrogens with one attached hydrogen (secondary N) is 1. The monoisotopic (exact) mass is 335 g/mol. The van der Waals surface area contributed by atoms with Gasteiger partial charge in [-0.1, -0.05) is 24.3 Å². The zero-order chi connectivity index (χ0) is 17.4. The second-order valence-corrected chi connectivity index (χ2v) is 6.61. The first-order valence-corrected chi connectivity index (χ1v) is 8.50. The summed E-state index contributed by atoms with van der Waals surface area (Å²) in [4.78, 5) is 14.4. The number of rotatable bonds is 2. The van der Waals surface area contributed by atoms with E-state index in [9.17, 15) is 9.18 Å². The Morgan fingerprint density at radius 2 is 2.08 bits per heavy atom. The summed E-state index contributed by atoms with van der Waals surface area (Å²) in [5.74, 6) is -0.348. The van der Waals surface area contributed by atoms with Crippen LogP contribution in [0.25, 0.3) is 11.1 Å². The number of carbonyl (C=O) groups is 1. The van der Waals surface area contributed by atoms with Crippen molar-refractivity contribution in [3.63, 3.8) is 0 Å². The van der Waals surface area contributed by atoms with E-state index >= 15 is 0 Å². The molecule has 2 aliphatic heterocycles. The normalized spacial score (nSPS) is 18.9. The average Bonchev–Trinajstić information content (AvgIpc) is 3.30. The highest BCUT2D eigenvalue weighted by Gasteiger charge is 2.30. The minimum absolute atomic E-state index is 0.0436. The molecule has 0 spiro atoms. The molecule has 2 heterocycles. The Labute approximate surface area is 145 Å². The molecule has 1 N–H and O–H groups in total. The molecule has 126 valence electrons. The number of hydrogen-bond donors (Lipinski definition) is 1. The number of carbonyl (C=O) groups excluding carboxylic acids is 1. The predicted octanol–water partition coefficient (Wildman–Crippen LogP) is 2.96. The molecule has 1 unspecified atom stereocenters. The number of nitrogens with zero attached hydrogens (tertiary/aromatic N) is 2. The van der Waals surface area contributed by atoms with Gasteiger partial charge in [0.2, 0.25) is 5.91 Å². The zero-order valence-corrected chi connectivity index (χ0v) is 13.8. The van der Waals surface area contributed by atoms with E-state index in [1.54, 1.807) is 12.1 Å². The fourth-order valence-corrected chi connectivity index (χ4v) is 3.67. The van der Waals surface area contributed by atoms with E-state index in [-0.39, 0.29) is 17.5 Å². The van der Waals surface area contributed by atoms with E-state index in [1.807, 2.05) is 29.2 Å². The number of nitriles is 1. The molecule has 2 aromatic rings. The van der Waals surface area contributed by atoms with Crippen molar-refractivity contribution in [3.05, 3.63) is 58.9 Å². The molecule has 1 amide bonds. The van der Waals surface area contributed by atoms with Gasteiger partial charge in [0, 0.05) is 18.7 Å². The van der Waals surface area contributed by atoms with Gasteiger partial charge in [-0.05, 0) is 48.2 Å². The largest absolute Gasteiger partial charge is 0.333 e. The molecule has 1 saturated heterocycles. The summed E-state index contributed by atoms with van der Waals surface area (Å²) in [5.41, 5.74) is 3.35. The van der Waals surface area contributed by atoms with Crippen molar-refractivity contribution in [2.45, 2.75) is 32.0 Å². The molecule has 4 rings (SSSR count). The number of benzene rings is 2. The number of amides is 1. The Hall–Kier alpha value is -2.71. The molecule has 0 aromatic heterocycles. The summed E-state index contributed by atoms with van der Waals surface area (Å²) in [6, 6.07) is 12.4. The number of fused-ring (bicyclic) bond motifs is 1. The highest BCUT2D eigenvalue weighted by Crippen LogP contribution is 2.31. The third kappa shape index (κ3) is 2.79. The van der Waals surface area contributed by atoms with Gasteiger partial charge in [-0.2, -0.15) is 5.26 Å². The van der Waals surface area contributed by atoms with Crippen molar-refractivity contribution in [2.75, 3.05) is 6.54 Å². The lowest BCUT2D eigenvalue weighted by molar-refractivity contribution is -0.133. The topological polar surface area (TPSA) is 56.1 Å². The fourth-order valence-electron chi connectivity index (χ4n) is 3.67. The van der Waals surface area contributed by atoms with Crippen LogP contribution in [0, 0.1) is 17.1 Å². The van der Waals surface area contributed by atoms with E-state index in [1.165, 1.54) is 6.07 Å². The van der Waals surface area contributed by atoms with E-state index < -0.39 is 5.82 Å². The molecule has 1 atom stereocenters. The Morgan fingerprint density at radius 3 is 2.84 bits per heavy atom. The summed E-state index contributed by atoms with van der Waals surface area (Å²) in [6.45, 7) is 2.06. The van der Waals surface area contributed by atoms with Crippen molar-refractivity contribution in [3.8, 4) is 17.2 Å². The zero-order valence-electron chi connectivity index (χ0n) is 13.8. The van der Waals surface area contributed by atoms with Gasteiger partial charge < -0.3 is 10.2 Å². The summed E-state index contributed by atoms with van der Waals surface area (Å²) in [5, 5.41) is 12.3. The Kier molecular flexibility index (Phi) is 3.98. The van der Waals surface area contributed by atoms with Gasteiger partial charge >= 0.3 is 0 Å². The second-order valence-electron chi connectivity index (χ2n) is 6.61. The lowest BCUT2D eigenvalue weighted by Gasteiger charge is -2.19. The molecule has 4 nitrogen and oxygen atoms in total. The highest BCUT2D eigenvalue weighted by atomic mass is 19.1. The summed E-state index contributed by atoms with van der Waals surface area (Å²) < 4.78 is 14.4. The lowest BCUT2D eigenvalue weighted by Crippen LogP contribution is -2.40. The van der Waals surface area contributed by atoms with E-state index in [4.69, 9.17) is 5.26 Å². The molecule has 0 saturated carbocycles. The minimum atomic E-state index is -0.494. The van der Waals surface area contributed by atoms with Crippen LogP contribution < -0.4 is 5.32 Å². The SMILES string of the molecule is N#Cc1cccc(-c2ccc3c(c2)CN(C(=O)C2CCCN2)C3)c1F. The van der Waals surface area contributed by atoms with E-state index in [0.29, 0.717) is 18.7 Å².